The van der Waals surface area contributed by atoms with Gasteiger partial charge in [-0.15, -0.1) is 0 Å². The number of halogens is 1. The lowest BCUT2D eigenvalue weighted by Gasteiger charge is -2.33. The number of amides is 1. The van der Waals surface area contributed by atoms with E-state index in [2.05, 4.69) is 10.2 Å². The summed E-state index contributed by atoms with van der Waals surface area (Å²) in [6.45, 7) is 7.38. The van der Waals surface area contributed by atoms with Crippen molar-refractivity contribution in [1.82, 2.24) is 15.1 Å². The Kier molecular flexibility index (Phi) is 4.79. The predicted molar refractivity (Wildman–Crippen MR) is 93.2 cm³/mol. The van der Waals surface area contributed by atoms with E-state index in [9.17, 15) is 9.18 Å². The Hall–Kier alpha value is -2.37. The minimum absolute atomic E-state index is 0.0230. The first-order valence-electron chi connectivity index (χ1n) is 8.60. The van der Waals surface area contributed by atoms with Crippen LogP contribution < -0.4 is 4.74 Å². The van der Waals surface area contributed by atoms with Gasteiger partial charge in [0, 0.05) is 37.7 Å². The molecule has 5 nitrogen and oxygen atoms in total. The molecule has 0 bridgehead atoms. The van der Waals surface area contributed by atoms with Gasteiger partial charge < -0.3 is 9.64 Å². The number of hydrogen-bond acceptors (Lipinski definition) is 3. The maximum atomic E-state index is 13.6. The number of ether oxygens (including phenoxy) is 1. The summed E-state index contributed by atoms with van der Waals surface area (Å²) in [5.74, 6) is 0.416. The van der Waals surface area contributed by atoms with Crippen LogP contribution in [0, 0.1) is 5.82 Å². The van der Waals surface area contributed by atoms with Crippen LogP contribution in [0.25, 0.3) is 0 Å². The number of aromatic amines is 1. The number of carbonyl (C=O) groups is 1. The molecule has 1 aliphatic rings. The molecule has 2 heterocycles. The van der Waals surface area contributed by atoms with Crippen LogP contribution in [0.4, 0.5) is 4.39 Å². The van der Waals surface area contributed by atoms with Gasteiger partial charge in [-0.1, -0.05) is 20.8 Å². The first-order chi connectivity index (χ1) is 11.8. The first kappa shape index (κ1) is 17.5. The average Bonchev–Trinajstić information content (AvgIpc) is 3.10. The number of aromatic nitrogens is 2. The number of nitrogens with zero attached hydrogens (tertiary/aromatic N) is 2. The maximum absolute atomic E-state index is 13.6. The zero-order chi connectivity index (χ0) is 18.0. The minimum atomic E-state index is -0.253. The van der Waals surface area contributed by atoms with Crippen molar-refractivity contribution in [2.24, 2.45) is 0 Å². The number of hydrogen-bond donors (Lipinski definition) is 1. The summed E-state index contributed by atoms with van der Waals surface area (Å²) in [7, 11) is 0. The van der Waals surface area contributed by atoms with Gasteiger partial charge in [-0.25, -0.2) is 4.39 Å². The number of carbonyl (C=O) groups excluding carboxylic acids is 1. The van der Waals surface area contributed by atoms with Gasteiger partial charge in [-0.3, -0.25) is 9.89 Å². The van der Waals surface area contributed by atoms with Crippen molar-refractivity contribution < 1.29 is 13.9 Å². The highest BCUT2D eigenvalue weighted by Gasteiger charge is 2.27. The zero-order valence-corrected chi connectivity index (χ0v) is 14.9. The van der Waals surface area contributed by atoms with E-state index in [0.717, 1.165) is 24.2 Å². The van der Waals surface area contributed by atoms with Gasteiger partial charge in [0.05, 0.1) is 0 Å². The Morgan fingerprint density at radius 3 is 2.60 bits per heavy atom. The van der Waals surface area contributed by atoms with E-state index in [1.165, 1.54) is 6.07 Å². The first-order valence-corrected chi connectivity index (χ1v) is 8.60. The van der Waals surface area contributed by atoms with Gasteiger partial charge in [-0.05, 0) is 29.7 Å². The SMILES string of the molecule is CC(C)(C)c1cc(F)ccc1OC1CCN(C(=O)c2cc[nH]n2)CC1. The van der Waals surface area contributed by atoms with Crippen molar-refractivity contribution in [3.8, 4) is 5.75 Å². The number of rotatable bonds is 3. The van der Waals surface area contributed by atoms with Crippen molar-refractivity contribution in [2.75, 3.05) is 13.1 Å². The Bertz CT molecular complexity index is 730. The summed E-state index contributed by atoms with van der Waals surface area (Å²) in [5, 5.41) is 6.61. The van der Waals surface area contributed by atoms with Crippen molar-refractivity contribution >= 4 is 5.91 Å². The number of likely N-dealkylation sites (tertiary alicyclic amines) is 1. The minimum Gasteiger partial charge on any atom is -0.490 e. The van der Waals surface area contributed by atoms with E-state index in [1.807, 2.05) is 20.8 Å². The monoisotopic (exact) mass is 345 g/mol. The van der Waals surface area contributed by atoms with E-state index in [-0.39, 0.29) is 23.2 Å². The second kappa shape index (κ2) is 6.86. The van der Waals surface area contributed by atoms with Gasteiger partial charge in [0.2, 0.25) is 0 Å². The van der Waals surface area contributed by atoms with Gasteiger partial charge in [-0.2, -0.15) is 5.10 Å². The van der Waals surface area contributed by atoms with Crippen LogP contribution in [-0.4, -0.2) is 40.2 Å². The Labute approximate surface area is 147 Å². The molecule has 0 spiro atoms. The molecule has 0 atom stereocenters. The number of H-pyrrole nitrogens is 1. The molecule has 1 aliphatic heterocycles. The third kappa shape index (κ3) is 4.00. The molecular formula is C19H24FN3O2. The summed E-state index contributed by atoms with van der Waals surface area (Å²) in [6.07, 6.45) is 3.16. The van der Waals surface area contributed by atoms with Crippen LogP contribution in [0.2, 0.25) is 0 Å². The highest BCUT2D eigenvalue weighted by Crippen LogP contribution is 2.33. The van der Waals surface area contributed by atoms with E-state index >= 15 is 0 Å². The summed E-state index contributed by atoms with van der Waals surface area (Å²) in [6, 6.07) is 6.36. The Balaban J connectivity index is 1.64. The lowest BCUT2D eigenvalue weighted by molar-refractivity contribution is 0.0587. The van der Waals surface area contributed by atoms with Crippen molar-refractivity contribution in [3.63, 3.8) is 0 Å². The smallest absolute Gasteiger partial charge is 0.274 e. The molecule has 6 heteroatoms. The molecule has 1 aromatic heterocycles. The van der Waals surface area contributed by atoms with Crippen molar-refractivity contribution in [1.29, 1.82) is 0 Å². The number of piperidine rings is 1. The van der Waals surface area contributed by atoms with E-state index in [1.54, 1.807) is 29.3 Å². The molecule has 1 amide bonds. The normalized spacial score (nSPS) is 16.1. The largest absolute Gasteiger partial charge is 0.490 e. The van der Waals surface area contributed by atoms with Crippen LogP contribution in [0.15, 0.2) is 30.5 Å². The molecule has 25 heavy (non-hydrogen) atoms. The molecule has 134 valence electrons. The summed E-state index contributed by atoms with van der Waals surface area (Å²) >= 11 is 0. The van der Waals surface area contributed by atoms with Crippen molar-refractivity contribution in [3.05, 3.63) is 47.5 Å². The fourth-order valence-corrected chi connectivity index (χ4v) is 3.09. The van der Waals surface area contributed by atoms with E-state index in [0.29, 0.717) is 18.8 Å². The maximum Gasteiger partial charge on any atom is 0.274 e. The number of nitrogens with one attached hydrogen (secondary N) is 1. The Morgan fingerprint density at radius 1 is 1.28 bits per heavy atom. The quantitative estimate of drug-likeness (QED) is 0.926. The molecule has 0 saturated carbocycles. The van der Waals surface area contributed by atoms with Crippen LogP contribution in [0.1, 0.15) is 49.7 Å². The molecular weight excluding hydrogens is 321 g/mol. The molecule has 0 radical (unpaired) electrons. The molecule has 1 aromatic carbocycles. The highest BCUT2D eigenvalue weighted by molar-refractivity contribution is 5.92. The molecule has 1 fully saturated rings. The van der Waals surface area contributed by atoms with E-state index < -0.39 is 0 Å². The predicted octanol–water partition coefficient (Wildman–Crippen LogP) is 3.53. The van der Waals surface area contributed by atoms with Crippen molar-refractivity contribution in [2.45, 2.75) is 45.1 Å². The fraction of sp³-hybridized carbons (Fsp3) is 0.474. The zero-order valence-electron chi connectivity index (χ0n) is 14.9. The highest BCUT2D eigenvalue weighted by atomic mass is 19.1. The van der Waals surface area contributed by atoms with Gasteiger partial charge >= 0.3 is 0 Å². The summed E-state index contributed by atoms with van der Waals surface area (Å²) in [4.78, 5) is 14.1. The molecule has 1 saturated heterocycles. The van der Waals surface area contributed by atoms with Crippen LogP contribution in [0.5, 0.6) is 5.75 Å². The fourth-order valence-electron chi connectivity index (χ4n) is 3.09. The topological polar surface area (TPSA) is 58.2 Å². The third-order valence-corrected chi connectivity index (χ3v) is 4.49. The average molecular weight is 345 g/mol. The molecule has 2 aromatic rings. The lowest BCUT2D eigenvalue weighted by atomic mass is 9.86. The van der Waals surface area contributed by atoms with Crippen LogP contribution in [-0.2, 0) is 5.41 Å². The second-order valence-corrected chi connectivity index (χ2v) is 7.46. The standard InChI is InChI=1S/C19H24FN3O2/c1-19(2,3)15-12-13(20)4-5-17(15)25-14-7-10-23(11-8-14)18(24)16-6-9-21-22-16/h4-6,9,12,14H,7-8,10-11H2,1-3H3,(H,21,22). The number of benzene rings is 1. The second-order valence-electron chi connectivity index (χ2n) is 7.46. The molecule has 0 aliphatic carbocycles. The van der Waals surface area contributed by atoms with Crippen LogP contribution in [0.3, 0.4) is 0 Å². The molecule has 3 rings (SSSR count). The Morgan fingerprint density at radius 2 is 2.00 bits per heavy atom. The van der Waals surface area contributed by atoms with Crippen LogP contribution >= 0.6 is 0 Å². The summed E-state index contributed by atoms with van der Waals surface area (Å²) in [5.41, 5.74) is 1.10. The molecule has 0 unspecified atom stereocenters. The third-order valence-electron chi connectivity index (χ3n) is 4.49. The van der Waals surface area contributed by atoms with Gasteiger partial charge in [0.1, 0.15) is 23.4 Å². The van der Waals surface area contributed by atoms with Gasteiger partial charge in [0.15, 0.2) is 0 Å². The molecule has 1 N–H and O–H groups in total. The summed E-state index contributed by atoms with van der Waals surface area (Å²) < 4.78 is 19.8. The van der Waals surface area contributed by atoms with Gasteiger partial charge in [0.25, 0.3) is 5.91 Å². The lowest BCUT2D eigenvalue weighted by Crippen LogP contribution is -2.42. The van der Waals surface area contributed by atoms with E-state index in [4.69, 9.17) is 4.74 Å².